The van der Waals surface area contributed by atoms with Crippen molar-refractivity contribution in [2.45, 2.75) is 25.8 Å². The van der Waals surface area contributed by atoms with Gasteiger partial charge in [-0.15, -0.1) is 0 Å². The lowest BCUT2D eigenvalue weighted by atomic mass is 10.2. The number of carbonyl (C=O) groups is 2. The molecule has 0 bridgehead atoms. The number of cyclic esters (lactones) is 1. The first-order chi connectivity index (χ1) is 12.2. The molecule has 25 heavy (non-hydrogen) atoms. The number of aromatic amines is 1. The van der Waals surface area contributed by atoms with Gasteiger partial charge in [-0.1, -0.05) is 37.3 Å². The largest absolute Gasteiger partial charge is 0.448 e. The van der Waals surface area contributed by atoms with Crippen LogP contribution >= 0.6 is 0 Å². The van der Waals surface area contributed by atoms with E-state index in [0.717, 1.165) is 23.5 Å². The average molecular weight is 342 g/mol. The summed E-state index contributed by atoms with van der Waals surface area (Å²) in [7, 11) is 0. The van der Waals surface area contributed by atoms with Gasteiger partial charge in [0.15, 0.2) is 0 Å². The fraction of sp³-hybridized carbons (Fsp3) is 0.389. The van der Waals surface area contributed by atoms with E-state index in [1.54, 1.807) is 11.1 Å². The van der Waals surface area contributed by atoms with Crippen LogP contribution in [0.1, 0.15) is 31.6 Å². The van der Waals surface area contributed by atoms with Gasteiger partial charge in [0, 0.05) is 13.0 Å². The summed E-state index contributed by atoms with van der Waals surface area (Å²) >= 11 is 0. The van der Waals surface area contributed by atoms with E-state index in [1.807, 2.05) is 37.3 Å². The molecule has 1 aliphatic rings. The number of benzene rings is 1. The highest BCUT2D eigenvalue weighted by molar-refractivity contribution is 5.77. The third-order valence-corrected chi connectivity index (χ3v) is 4.21. The molecule has 0 radical (unpaired) electrons. The second-order valence-corrected chi connectivity index (χ2v) is 5.93. The van der Waals surface area contributed by atoms with E-state index in [9.17, 15) is 9.59 Å². The molecular formula is C18H22N4O3. The molecule has 2 aromatic rings. The molecular weight excluding hydrogens is 320 g/mol. The Labute approximate surface area is 146 Å². The molecule has 3 rings (SSSR count). The molecule has 2 N–H and O–H groups in total. The SMILES string of the molecule is CC[C@H](NC(=O)CCN1CCOC1=O)c1ncc(-c2ccccc2)[nH]1. The molecule has 1 aromatic heterocycles. The number of rotatable bonds is 7. The summed E-state index contributed by atoms with van der Waals surface area (Å²) in [5.74, 6) is 0.625. The van der Waals surface area contributed by atoms with Crippen LogP contribution in [0.15, 0.2) is 36.5 Å². The van der Waals surface area contributed by atoms with Crippen molar-refractivity contribution in [3.05, 3.63) is 42.4 Å². The van der Waals surface area contributed by atoms with Gasteiger partial charge < -0.3 is 19.9 Å². The van der Waals surface area contributed by atoms with E-state index >= 15 is 0 Å². The smallest absolute Gasteiger partial charge is 0.409 e. The van der Waals surface area contributed by atoms with E-state index < -0.39 is 0 Å². The third-order valence-electron chi connectivity index (χ3n) is 4.21. The van der Waals surface area contributed by atoms with Crippen molar-refractivity contribution in [1.29, 1.82) is 0 Å². The van der Waals surface area contributed by atoms with Crippen LogP contribution in [0.25, 0.3) is 11.3 Å². The number of hydrogen-bond donors (Lipinski definition) is 2. The molecule has 1 atom stereocenters. The first-order valence-electron chi connectivity index (χ1n) is 8.48. The van der Waals surface area contributed by atoms with Gasteiger partial charge in [-0.3, -0.25) is 4.79 Å². The van der Waals surface area contributed by atoms with Crippen molar-refractivity contribution in [2.24, 2.45) is 0 Å². The van der Waals surface area contributed by atoms with Crippen molar-refractivity contribution in [3.8, 4) is 11.3 Å². The van der Waals surface area contributed by atoms with Crippen LogP contribution < -0.4 is 5.32 Å². The average Bonchev–Trinajstić information content (AvgIpc) is 3.28. The maximum Gasteiger partial charge on any atom is 0.409 e. The quantitative estimate of drug-likeness (QED) is 0.809. The highest BCUT2D eigenvalue weighted by atomic mass is 16.6. The Kier molecular flexibility index (Phi) is 5.33. The zero-order valence-electron chi connectivity index (χ0n) is 14.2. The number of hydrogen-bond acceptors (Lipinski definition) is 4. The molecule has 132 valence electrons. The van der Waals surface area contributed by atoms with Crippen LogP contribution in [0.5, 0.6) is 0 Å². The number of amides is 2. The van der Waals surface area contributed by atoms with Crippen LogP contribution in [0, 0.1) is 0 Å². The lowest BCUT2D eigenvalue weighted by Crippen LogP contribution is -2.33. The normalized spacial score (nSPS) is 15.1. The molecule has 1 aliphatic heterocycles. The zero-order chi connectivity index (χ0) is 17.6. The van der Waals surface area contributed by atoms with Gasteiger partial charge in [0.1, 0.15) is 12.4 Å². The Bertz CT molecular complexity index is 729. The van der Waals surface area contributed by atoms with Gasteiger partial charge >= 0.3 is 6.09 Å². The fourth-order valence-corrected chi connectivity index (χ4v) is 2.77. The maximum absolute atomic E-state index is 12.2. The summed E-state index contributed by atoms with van der Waals surface area (Å²) in [4.78, 5) is 32.8. The summed E-state index contributed by atoms with van der Waals surface area (Å²) in [5, 5.41) is 2.98. The minimum atomic E-state index is -0.349. The summed E-state index contributed by atoms with van der Waals surface area (Å²) in [6.45, 7) is 3.30. The van der Waals surface area contributed by atoms with Crippen molar-refractivity contribution in [2.75, 3.05) is 19.7 Å². The fourth-order valence-electron chi connectivity index (χ4n) is 2.77. The van der Waals surface area contributed by atoms with E-state index in [0.29, 0.717) is 19.7 Å². The minimum Gasteiger partial charge on any atom is -0.448 e. The van der Waals surface area contributed by atoms with Gasteiger partial charge in [-0.05, 0) is 12.0 Å². The van der Waals surface area contributed by atoms with Gasteiger partial charge in [-0.25, -0.2) is 9.78 Å². The standard InChI is InChI=1S/C18H22N4O3/c1-2-14(20-16(23)8-9-22-10-11-25-18(22)24)17-19-12-15(21-17)13-6-4-3-5-7-13/h3-7,12,14H,2,8-11H2,1H3,(H,19,21)(H,20,23)/t14-/m0/s1. The number of carbonyl (C=O) groups excluding carboxylic acids is 2. The summed E-state index contributed by atoms with van der Waals surface area (Å²) in [6.07, 6.45) is 2.40. The number of aromatic nitrogens is 2. The number of nitrogens with one attached hydrogen (secondary N) is 2. The van der Waals surface area contributed by atoms with Crippen LogP contribution in [0.3, 0.4) is 0 Å². The molecule has 2 heterocycles. The van der Waals surface area contributed by atoms with Gasteiger partial charge in [0.05, 0.1) is 24.5 Å². The third kappa shape index (κ3) is 4.17. The van der Waals surface area contributed by atoms with Crippen LogP contribution in [-0.2, 0) is 9.53 Å². The number of H-pyrrole nitrogens is 1. The Morgan fingerprint density at radius 2 is 2.20 bits per heavy atom. The van der Waals surface area contributed by atoms with Crippen LogP contribution in [0.2, 0.25) is 0 Å². The van der Waals surface area contributed by atoms with E-state index in [1.165, 1.54) is 0 Å². The lowest BCUT2D eigenvalue weighted by Gasteiger charge is -2.16. The number of imidazole rings is 1. The molecule has 1 saturated heterocycles. The van der Waals surface area contributed by atoms with E-state index in [4.69, 9.17) is 4.74 Å². The molecule has 2 amide bonds. The van der Waals surface area contributed by atoms with E-state index in [-0.39, 0.29) is 24.5 Å². The van der Waals surface area contributed by atoms with Crippen molar-refractivity contribution in [3.63, 3.8) is 0 Å². The Balaban J connectivity index is 1.58. The summed E-state index contributed by atoms with van der Waals surface area (Å²) < 4.78 is 4.85. The molecule has 7 heteroatoms. The highest BCUT2D eigenvalue weighted by Gasteiger charge is 2.23. The zero-order valence-corrected chi connectivity index (χ0v) is 14.2. The van der Waals surface area contributed by atoms with Crippen molar-refractivity contribution in [1.82, 2.24) is 20.2 Å². The van der Waals surface area contributed by atoms with Gasteiger partial charge in [-0.2, -0.15) is 0 Å². The van der Waals surface area contributed by atoms with E-state index in [2.05, 4.69) is 15.3 Å². The predicted molar refractivity (Wildman–Crippen MR) is 92.7 cm³/mol. The molecule has 0 spiro atoms. The molecule has 0 saturated carbocycles. The predicted octanol–water partition coefficient (Wildman–Crippen LogP) is 2.49. The van der Waals surface area contributed by atoms with Crippen LogP contribution in [0.4, 0.5) is 4.79 Å². The molecule has 7 nitrogen and oxygen atoms in total. The monoisotopic (exact) mass is 342 g/mol. The minimum absolute atomic E-state index is 0.107. The first-order valence-corrected chi connectivity index (χ1v) is 8.48. The molecule has 1 fully saturated rings. The second-order valence-electron chi connectivity index (χ2n) is 5.93. The topological polar surface area (TPSA) is 87.3 Å². The molecule has 0 aliphatic carbocycles. The highest BCUT2D eigenvalue weighted by Crippen LogP contribution is 2.20. The Morgan fingerprint density at radius 3 is 2.88 bits per heavy atom. The van der Waals surface area contributed by atoms with Gasteiger partial charge in [0.25, 0.3) is 0 Å². The number of nitrogens with zero attached hydrogens (tertiary/aromatic N) is 2. The molecule has 0 unspecified atom stereocenters. The summed E-state index contributed by atoms with van der Waals surface area (Å²) in [5.41, 5.74) is 1.97. The van der Waals surface area contributed by atoms with Crippen LogP contribution in [-0.4, -0.2) is 46.6 Å². The second kappa shape index (κ2) is 7.83. The van der Waals surface area contributed by atoms with Crippen molar-refractivity contribution < 1.29 is 14.3 Å². The lowest BCUT2D eigenvalue weighted by molar-refractivity contribution is -0.122. The summed E-state index contributed by atoms with van der Waals surface area (Å²) in [6, 6.07) is 9.73. The Hall–Kier alpha value is -2.83. The Morgan fingerprint density at radius 1 is 1.40 bits per heavy atom. The van der Waals surface area contributed by atoms with Gasteiger partial charge in [0.2, 0.25) is 5.91 Å². The van der Waals surface area contributed by atoms with Crippen molar-refractivity contribution >= 4 is 12.0 Å². The molecule has 1 aromatic carbocycles. The number of ether oxygens (including phenoxy) is 1. The first kappa shape index (κ1) is 17.0. The maximum atomic E-state index is 12.2.